The minimum atomic E-state index is -1.55. The SMILES string of the molecule is O=C(O)C1(O)CCN(Cc2sccc2Cl)CC1. The summed E-state index contributed by atoms with van der Waals surface area (Å²) in [5.74, 6) is -1.12. The summed E-state index contributed by atoms with van der Waals surface area (Å²) in [5.41, 5.74) is -1.55. The fourth-order valence-electron chi connectivity index (χ4n) is 1.94. The number of nitrogens with zero attached hydrogens (tertiary/aromatic N) is 1. The van der Waals surface area contributed by atoms with Gasteiger partial charge in [0.1, 0.15) is 0 Å². The van der Waals surface area contributed by atoms with Crippen LogP contribution in [0.5, 0.6) is 0 Å². The molecule has 4 nitrogen and oxygen atoms in total. The molecule has 1 saturated heterocycles. The zero-order chi connectivity index (χ0) is 12.5. The predicted octanol–water partition coefficient (Wildman–Crippen LogP) is 1.81. The third-order valence-corrected chi connectivity index (χ3v) is 4.51. The number of hydrogen-bond acceptors (Lipinski definition) is 4. The first-order valence-corrected chi connectivity index (χ1v) is 6.67. The topological polar surface area (TPSA) is 60.8 Å². The van der Waals surface area contributed by atoms with Crippen molar-refractivity contribution < 1.29 is 15.0 Å². The first kappa shape index (κ1) is 12.8. The number of halogens is 1. The molecule has 2 rings (SSSR count). The minimum Gasteiger partial charge on any atom is -0.479 e. The molecule has 0 atom stereocenters. The number of thiophene rings is 1. The Morgan fingerprint density at radius 3 is 2.65 bits per heavy atom. The van der Waals surface area contributed by atoms with Crippen LogP contribution in [-0.2, 0) is 11.3 Å². The van der Waals surface area contributed by atoms with E-state index in [4.69, 9.17) is 16.7 Å². The maximum atomic E-state index is 10.9. The Bertz CT molecular complexity index is 413. The van der Waals surface area contributed by atoms with Crippen molar-refractivity contribution in [2.45, 2.75) is 25.0 Å². The van der Waals surface area contributed by atoms with Crippen LogP contribution >= 0.6 is 22.9 Å². The Kier molecular flexibility index (Phi) is 3.73. The third-order valence-electron chi connectivity index (χ3n) is 3.14. The second kappa shape index (κ2) is 4.94. The van der Waals surface area contributed by atoms with Gasteiger partial charge in [0, 0.05) is 24.5 Å². The van der Waals surface area contributed by atoms with Gasteiger partial charge in [-0.05, 0) is 24.3 Å². The molecule has 2 heterocycles. The van der Waals surface area contributed by atoms with Gasteiger partial charge in [-0.1, -0.05) is 11.6 Å². The van der Waals surface area contributed by atoms with E-state index in [2.05, 4.69) is 4.90 Å². The van der Waals surface area contributed by atoms with E-state index in [1.54, 1.807) is 11.3 Å². The van der Waals surface area contributed by atoms with E-state index in [0.29, 0.717) is 13.1 Å². The molecule has 0 spiro atoms. The average Bonchev–Trinajstić information content (AvgIpc) is 2.68. The standard InChI is InChI=1S/C11H14ClNO3S/c12-8-1-6-17-9(8)7-13-4-2-11(16,3-5-13)10(14)15/h1,6,16H,2-5,7H2,(H,14,15). The van der Waals surface area contributed by atoms with Crippen molar-refractivity contribution in [3.05, 3.63) is 21.3 Å². The van der Waals surface area contributed by atoms with E-state index in [1.165, 1.54) is 0 Å². The fraction of sp³-hybridized carbons (Fsp3) is 0.545. The highest BCUT2D eigenvalue weighted by Crippen LogP contribution is 2.27. The zero-order valence-electron chi connectivity index (χ0n) is 9.23. The second-order valence-corrected chi connectivity index (χ2v) is 5.71. The summed E-state index contributed by atoms with van der Waals surface area (Å²) in [4.78, 5) is 14.1. The fourth-order valence-corrected chi connectivity index (χ4v) is 3.07. The van der Waals surface area contributed by atoms with Gasteiger partial charge < -0.3 is 10.2 Å². The van der Waals surface area contributed by atoms with Crippen LogP contribution in [0.2, 0.25) is 5.02 Å². The molecule has 1 aliphatic rings. The van der Waals surface area contributed by atoms with Gasteiger partial charge in [0.05, 0.1) is 5.02 Å². The molecule has 0 unspecified atom stereocenters. The number of piperidine rings is 1. The average molecular weight is 276 g/mol. The maximum Gasteiger partial charge on any atom is 0.335 e. The first-order chi connectivity index (χ1) is 8.01. The Labute approximate surface area is 108 Å². The summed E-state index contributed by atoms with van der Waals surface area (Å²) >= 11 is 7.60. The number of aliphatic carboxylic acids is 1. The van der Waals surface area contributed by atoms with Gasteiger partial charge in [0.25, 0.3) is 0 Å². The van der Waals surface area contributed by atoms with Gasteiger partial charge in [-0.25, -0.2) is 4.79 Å². The van der Waals surface area contributed by atoms with Crippen molar-refractivity contribution in [2.75, 3.05) is 13.1 Å². The molecule has 1 aromatic rings. The normalized spacial score (nSPS) is 20.4. The summed E-state index contributed by atoms with van der Waals surface area (Å²) < 4.78 is 0. The molecule has 0 aromatic carbocycles. The van der Waals surface area contributed by atoms with Gasteiger partial charge in [0.2, 0.25) is 0 Å². The van der Waals surface area contributed by atoms with Gasteiger partial charge in [-0.2, -0.15) is 0 Å². The number of likely N-dealkylation sites (tertiary alicyclic amines) is 1. The predicted molar refractivity (Wildman–Crippen MR) is 66.4 cm³/mol. The first-order valence-electron chi connectivity index (χ1n) is 5.41. The van der Waals surface area contributed by atoms with Crippen molar-refractivity contribution >= 4 is 28.9 Å². The third kappa shape index (κ3) is 2.80. The van der Waals surface area contributed by atoms with Crippen LogP contribution in [0.25, 0.3) is 0 Å². The van der Waals surface area contributed by atoms with Crippen LogP contribution < -0.4 is 0 Å². The van der Waals surface area contributed by atoms with Crippen molar-refractivity contribution in [1.29, 1.82) is 0 Å². The molecular formula is C11H14ClNO3S. The van der Waals surface area contributed by atoms with Gasteiger partial charge in [0.15, 0.2) is 5.60 Å². The van der Waals surface area contributed by atoms with E-state index >= 15 is 0 Å². The highest BCUT2D eigenvalue weighted by Gasteiger charge is 2.39. The Morgan fingerprint density at radius 2 is 2.18 bits per heavy atom. The minimum absolute atomic E-state index is 0.269. The Morgan fingerprint density at radius 1 is 1.53 bits per heavy atom. The maximum absolute atomic E-state index is 10.9. The summed E-state index contributed by atoms with van der Waals surface area (Å²) in [7, 11) is 0. The van der Waals surface area contributed by atoms with E-state index in [0.717, 1.165) is 16.4 Å². The summed E-state index contributed by atoms with van der Waals surface area (Å²) in [5, 5.41) is 21.4. The van der Waals surface area contributed by atoms with Crippen LogP contribution in [0.3, 0.4) is 0 Å². The molecule has 1 aromatic heterocycles. The number of hydrogen-bond donors (Lipinski definition) is 2. The quantitative estimate of drug-likeness (QED) is 0.883. The zero-order valence-corrected chi connectivity index (χ0v) is 10.8. The smallest absolute Gasteiger partial charge is 0.335 e. The Hall–Kier alpha value is -0.620. The monoisotopic (exact) mass is 275 g/mol. The second-order valence-electron chi connectivity index (χ2n) is 4.30. The lowest BCUT2D eigenvalue weighted by Crippen LogP contribution is -2.48. The van der Waals surface area contributed by atoms with E-state index in [-0.39, 0.29) is 12.8 Å². The molecule has 94 valence electrons. The summed E-state index contributed by atoms with van der Waals surface area (Å²) in [6, 6.07) is 1.86. The summed E-state index contributed by atoms with van der Waals surface area (Å²) in [6.45, 7) is 1.89. The van der Waals surface area contributed by atoms with Crippen molar-refractivity contribution in [3.8, 4) is 0 Å². The highest BCUT2D eigenvalue weighted by atomic mass is 35.5. The van der Waals surface area contributed by atoms with Crippen LogP contribution in [0, 0.1) is 0 Å². The van der Waals surface area contributed by atoms with Crippen molar-refractivity contribution in [1.82, 2.24) is 4.90 Å². The van der Waals surface area contributed by atoms with Gasteiger partial charge >= 0.3 is 5.97 Å². The molecule has 2 N–H and O–H groups in total. The van der Waals surface area contributed by atoms with Crippen molar-refractivity contribution in [3.63, 3.8) is 0 Å². The Balaban J connectivity index is 1.92. The number of carboxylic acid groups (broad SMARTS) is 1. The molecule has 17 heavy (non-hydrogen) atoms. The molecular weight excluding hydrogens is 262 g/mol. The lowest BCUT2D eigenvalue weighted by atomic mass is 9.92. The van der Waals surface area contributed by atoms with Crippen molar-refractivity contribution in [2.24, 2.45) is 0 Å². The molecule has 1 aliphatic heterocycles. The van der Waals surface area contributed by atoms with Crippen LogP contribution in [0.1, 0.15) is 17.7 Å². The number of carbonyl (C=O) groups is 1. The van der Waals surface area contributed by atoms with Gasteiger partial charge in [-0.3, -0.25) is 4.90 Å². The molecule has 1 fully saturated rings. The van der Waals surface area contributed by atoms with Crippen LogP contribution in [-0.4, -0.2) is 39.8 Å². The van der Waals surface area contributed by atoms with E-state index in [9.17, 15) is 9.90 Å². The highest BCUT2D eigenvalue weighted by molar-refractivity contribution is 7.10. The van der Waals surface area contributed by atoms with Crippen LogP contribution in [0.4, 0.5) is 0 Å². The number of aliphatic hydroxyl groups is 1. The van der Waals surface area contributed by atoms with E-state index < -0.39 is 11.6 Å². The molecule has 0 bridgehead atoms. The number of carboxylic acids is 1. The molecule has 0 radical (unpaired) electrons. The molecule has 6 heteroatoms. The number of rotatable bonds is 3. The summed E-state index contributed by atoms with van der Waals surface area (Å²) in [6.07, 6.45) is 0.538. The van der Waals surface area contributed by atoms with E-state index in [1.807, 2.05) is 11.4 Å². The molecule has 0 aliphatic carbocycles. The van der Waals surface area contributed by atoms with Crippen LogP contribution in [0.15, 0.2) is 11.4 Å². The van der Waals surface area contributed by atoms with Gasteiger partial charge in [-0.15, -0.1) is 11.3 Å². The lowest BCUT2D eigenvalue weighted by Gasteiger charge is -2.35. The molecule has 0 amide bonds. The molecule has 0 saturated carbocycles. The largest absolute Gasteiger partial charge is 0.479 e. The lowest BCUT2D eigenvalue weighted by molar-refractivity contribution is -0.163.